The number of likely N-dealkylation sites (tertiary alicyclic amines) is 1. The summed E-state index contributed by atoms with van der Waals surface area (Å²) in [5.74, 6) is 0.769. The summed E-state index contributed by atoms with van der Waals surface area (Å²) in [6.45, 7) is 10.1. The number of nitrogens with one attached hydrogen (secondary N) is 1. The lowest BCUT2D eigenvalue weighted by Crippen LogP contribution is -2.29. The van der Waals surface area contributed by atoms with Crippen LogP contribution < -0.4 is 11.1 Å². The summed E-state index contributed by atoms with van der Waals surface area (Å²) in [4.78, 5) is 2.56. The topological polar surface area (TPSA) is 41.3 Å². The van der Waals surface area contributed by atoms with Gasteiger partial charge in [0.2, 0.25) is 0 Å². The van der Waals surface area contributed by atoms with E-state index < -0.39 is 0 Å². The van der Waals surface area contributed by atoms with Crippen LogP contribution in [0.5, 0.6) is 0 Å². The Balaban J connectivity index is 1.83. The molecule has 1 aromatic rings. The number of nitrogens with two attached hydrogens (primary N) is 1. The Morgan fingerprint density at radius 3 is 2.83 bits per heavy atom. The van der Waals surface area contributed by atoms with E-state index in [1.165, 1.54) is 25.2 Å². The lowest BCUT2D eigenvalue weighted by Gasteiger charge is -2.20. The fourth-order valence-corrected chi connectivity index (χ4v) is 2.55. The van der Waals surface area contributed by atoms with E-state index in [1.807, 2.05) is 6.07 Å². The molecule has 0 saturated carbocycles. The van der Waals surface area contributed by atoms with Crippen molar-refractivity contribution in [2.45, 2.75) is 33.2 Å². The summed E-state index contributed by atoms with van der Waals surface area (Å²) in [7, 11) is 0. The normalized spacial score (nSPS) is 20.6. The van der Waals surface area contributed by atoms with Gasteiger partial charge in [0, 0.05) is 30.5 Å². The maximum Gasteiger partial charge on any atom is 0.0345 e. The monoisotopic (exact) mass is 247 g/mol. The molecule has 100 valence electrons. The van der Waals surface area contributed by atoms with E-state index in [-0.39, 0.29) is 0 Å². The van der Waals surface area contributed by atoms with Crippen molar-refractivity contribution in [2.75, 3.05) is 30.7 Å². The minimum Gasteiger partial charge on any atom is -0.399 e. The molecule has 18 heavy (non-hydrogen) atoms. The number of benzene rings is 1. The Hall–Kier alpha value is -1.22. The number of aryl methyl sites for hydroxylation is 1. The molecule has 0 radical (unpaired) electrons. The molecular weight excluding hydrogens is 222 g/mol. The van der Waals surface area contributed by atoms with Crippen LogP contribution in [0.1, 0.15) is 25.8 Å². The van der Waals surface area contributed by atoms with E-state index in [1.54, 1.807) is 0 Å². The first-order valence-electron chi connectivity index (χ1n) is 6.90. The van der Waals surface area contributed by atoms with Crippen LogP contribution in [0.4, 0.5) is 11.4 Å². The van der Waals surface area contributed by atoms with Crippen LogP contribution in [0.25, 0.3) is 0 Å². The van der Waals surface area contributed by atoms with E-state index in [9.17, 15) is 0 Å². The number of nitrogens with zero attached hydrogens (tertiary/aromatic N) is 1. The summed E-state index contributed by atoms with van der Waals surface area (Å²) in [6, 6.07) is 6.85. The molecule has 3 heteroatoms. The maximum absolute atomic E-state index is 5.82. The first-order valence-corrected chi connectivity index (χ1v) is 6.90. The van der Waals surface area contributed by atoms with Gasteiger partial charge in [-0.1, -0.05) is 0 Å². The molecule has 0 amide bonds. The highest BCUT2D eigenvalue weighted by Gasteiger charge is 2.23. The third kappa shape index (κ3) is 3.16. The lowest BCUT2D eigenvalue weighted by atomic mass is 10.1. The standard InChI is InChI=1S/C15H25N3/c1-11(2)18-7-6-13(10-18)9-17-14-4-5-15(16)12(3)8-14/h4-5,8,11,13,17H,6-7,9-10,16H2,1-3H3. The van der Waals surface area contributed by atoms with Gasteiger partial charge >= 0.3 is 0 Å². The molecule has 1 aliphatic rings. The maximum atomic E-state index is 5.82. The van der Waals surface area contributed by atoms with Gasteiger partial charge in [0.1, 0.15) is 0 Å². The van der Waals surface area contributed by atoms with Gasteiger partial charge in [0.05, 0.1) is 0 Å². The zero-order chi connectivity index (χ0) is 13.1. The predicted octanol–water partition coefficient (Wildman–Crippen LogP) is 2.72. The fraction of sp³-hybridized carbons (Fsp3) is 0.600. The summed E-state index contributed by atoms with van der Waals surface area (Å²) in [6.07, 6.45) is 1.30. The summed E-state index contributed by atoms with van der Waals surface area (Å²) >= 11 is 0. The molecule has 0 aliphatic carbocycles. The molecule has 0 aromatic heterocycles. The van der Waals surface area contributed by atoms with Crippen molar-refractivity contribution in [2.24, 2.45) is 5.92 Å². The van der Waals surface area contributed by atoms with Gasteiger partial charge < -0.3 is 16.0 Å². The van der Waals surface area contributed by atoms with E-state index in [0.717, 1.165) is 23.7 Å². The van der Waals surface area contributed by atoms with Crippen molar-refractivity contribution in [3.8, 4) is 0 Å². The van der Waals surface area contributed by atoms with Crippen LogP contribution in [-0.4, -0.2) is 30.6 Å². The molecule has 1 unspecified atom stereocenters. The Kier molecular flexibility index (Phi) is 4.12. The number of rotatable bonds is 4. The summed E-state index contributed by atoms with van der Waals surface area (Å²) in [5.41, 5.74) is 9.03. The quantitative estimate of drug-likeness (QED) is 0.804. The second kappa shape index (κ2) is 5.61. The minimum atomic E-state index is 0.675. The lowest BCUT2D eigenvalue weighted by molar-refractivity contribution is 0.266. The second-order valence-electron chi connectivity index (χ2n) is 5.70. The van der Waals surface area contributed by atoms with Crippen molar-refractivity contribution in [1.29, 1.82) is 0 Å². The number of hydrogen-bond donors (Lipinski definition) is 2. The predicted molar refractivity (Wildman–Crippen MR) is 78.9 cm³/mol. The molecule has 1 aliphatic heterocycles. The van der Waals surface area contributed by atoms with Crippen LogP contribution >= 0.6 is 0 Å². The first-order chi connectivity index (χ1) is 8.56. The van der Waals surface area contributed by atoms with Gasteiger partial charge in [-0.25, -0.2) is 0 Å². The Labute approximate surface area is 110 Å². The van der Waals surface area contributed by atoms with Crippen molar-refractivity contribution >= 4 is 11.4 Å². The van der Waals surface area contributed by atoms with E-state index in [2.05, 4.69) is 43.1 Å². The number of anilines is 2. The zero-order valence-corrected chi connectivity index (χ0v) is 11.7. The molecule has 0 bridgehead atoms. The van der Waals surface area contributed by atoms with Crippen molar-refractivity contribution in [3.63, 3.8) is 0 Å². The van der Waals surface area contributed by atoms with Crippen LogP contribution in [-0.2, 0) is 0 Å². The van der Waals surface area contributed by atoms with Gasteiger partial charge in [-0.3, -0.25) is 0 Å². The SMILES string of the molecule is Cc1cc(NCC2CCN(C(C)C)C2)ccc1N. The van der Waals surface area contributed by atoms with Gasteiger partial charge in [-0.05, 0) is 63.4 Å². The molecule has 1 atom stereocenters. The van der Waals surface area contributed by atoms with Crippen molar-refractivity contribution in [1.82, 2.24) is 4.90 Å². The molecule has 0 spiro atoms. The molecule has 1 heterocycles. The van der Waals surface area contributed by atoms with Gasteiger partial charge in [0.15, 0.2) is 0 Å². The highest BCUT2D eigenvalue weighted by molar-refractivity contribution is 5.56. The minimum absolute atomic E-state index is 0.675. The van der Waals surface area contributed by atoms with Crippen LogP contribution in [0, 0.1) is 12.8 Å². The first kappa shape index (κ1) is 13.2. The van der Waals surface area contributed by atoms with Gasteiger partial charge in [-0.2, -0.15) is 0 Å². The third-order valence-corrected chi connectivity index (χ3v) is 3.91. The molecule has 1 aromatic carbocycles. The van der Waals surface area contributed by atoms with Crippen molar-refractivity contribution in [3.05, 3.63) is 23.8 Å². The highest BCUT2D eigenvalue weighted by atomic mass is 15.2. The Morgan fingerprint density at radius 2 is 2.22 bits per heavy atom. The Bertz CT molecular complexity index is 401. The largest absolute Gasteiger partial charge is 0.399 e. The molecule has 3 N–H and O–H groups in total. The third-order valence-electron chi connectivity index (χ3n) is 3.91. The van der Waals surface area contributed by atoms with E-state index >= 15 is 0 Å². The van der Waals surface area contributed by atoms with Crippen LogP contribution in [0.2, 0.25) is 0 Å². The van der Waals surface area contributed by atoms with Crippen LogP contribution in [0.15, 0.2) is 18.2 Å². The summed E-state index contributed by atoms with van der Waals surface area (Å²) < 4.78 is 0. The molecule has 3 nitrogen and oxygen atoms in total. The van der Waals surface area contributed by atoms with Gasteiger partial charge in [0.25, 0.3) is 0 Å². The zero-order valence-electron chi connectivity index (χ0n) is 11.7. The molecule has 1 fully saturated rings. The average molecular weight is 247 g/mol. The van der Waals surface area contributed by atoms with Crippen molar-refractivity contribution < 1.29 is 0 Å². The highest BCUT2D eigenvalue weighted by Crippen LogP contribution is 2.21. The number of nitrogen functional groups attached to an aromatic ring is 1. The molecule has 1 saturated heterocycles. The van der Waals surface area contributed by atoms with E-state index in [4.69, 9.17) is 5.73 Å². The molecular formula is C15H25N3. The van der Waals surface area contributed by atoms with Crippen LogP contribution in [0.3, 0.4) is 0 Å². The average Bonchev–Trinajstić information content (AvgIpc) is 2.79. The smallest absolute Gasteiger partial charge is 0.0345 e. The fourth-order valence-electron chi connectivity index (χ4n) is 2.55. The second-order valence-corrected chi connectivity index (χ2v) is 5.70. The number of hydrogen-bond acceptors (Lipinski definition) is 3. The Morgan fingerprint density at radius 1 is 1.44 bits per heavy atom. The molecule has 2 rings (SSSR count). The summed E-state index contributed by atoms with van der Waals surface area (Å²) in [5, 5.41) is 3.53. The van der Waals surface area contributed by atoms with Gasteiger partial charge in [-0.15, -0.1) is 0 Å². The van der Waals surface area contributed by atoms with E-state index in [0.29, 0.717) is 6.04 Å².